The first-order valence-corrected chi connectivity index (χ1v) is 12.8. The van der Waals surface area contributed by atoms with Crippen LogP contribution in [0, 0.1) is 5.82 Å². The summed E-state index contributed by atoms with van der Waals surface area (Å²) in [5.74, 6) is 0.0652. The number of benzene rings is 3. The molecule has 0 saturated carbocycles. The van der Waals surface area contributed by atoms with Crippen molar-refractivity contribution < 1.29 is 23.8 Å². The van der Waals surface area contributed by atoms with Crippen LogP contribution in [0.25, 0.3) is 10.4 Å². The van der Waals surface area contributed by atoms with Gasteiger partial charge in [-0.05, 0) is 58.6 Å². The molecule has 2 atom stereocenters. The van der Waals surface area contributed by atoms with Gasteiger partial charge in [0.15, 0.2) is 11.6 Å². The van der Waals surface area contributed by atoms with Gasteiger partial charge in [-0.15, -0.1) is 6.58 Å². The van der Waals surface area contributed by atoms with Gasteiger partial charge in [0.25, 0.3) is 5.91 Å². The molecule has 0 fully saturated rings. The molecule has 2 N–H and O–H groups in total. The summed E-state index contributed by atoms with van der Waals surface area (Å²) in [4.78, 5) is 21.7. The van der Waals surface area contributed by atoms with Crippen molar-refractivity contribution >= 4 is 11.8 Å². The summed E-state index contributed by atoms with van der Waals surface area (Å²) < 4.78 is 25.8. The lowest BCUT2D eigenvalue weighted by molar-refractivity contribution is -0.129. The Morgan fingerprint density at radius 2 is 2.02 bits per heavy atom. The number of azide groups is 1. The Morgan fingerprint density at radius 1 is 1.23 bits per heavy atom. The highest BCUT2D eigenvalue weighted by Gasteiger charge is 2.52. The molecule has 206 valence electrons. The van der Waals surface area contributed by atoms with E-state index in [-0.39, 0.29) is 32.0 Å². The zero-order valence-corrected chi connectivity index (χ0v) is 21.9. The average Bonchev–Trinajstić information content (AvgIpc) is 3.36. The molecule has 4 rings (SSSR count). The molecule has 9 nitrogen and oxygen atoms in total. The Bertz CT molecular complexity index is 1420. The summed E-state index contributed by atoms with van der Waals surface area (Å²) in [6, 6.07) is 20.4. The number of halogens is 1. The van der Waals surface area contributed by atoms with Crippen LogP contribution in [0.15, 0.2) is 95.6 Å². The highest BCUT2D eigenvalue weighted by molar-refractivity contribution is 6.01. The second-order valence-electron chi connectivity index (χ2n) is 9.18. The minimum atomic E-state index is -1.44. The van der Waals surface area contributed by atoms with Crippen molar-refractivity contribution in [1.82, 2.24) is 5.32 Å². The van der Waals surface area contributed by atoms with Crippen LogP contribution in [0.4, 0.5) is 4.39 Å². The lowest BCUT2D eigenvalue weighted by atomic mass is 9.82. The van der Waals surface area contributed by atoms with E-state index in [1.165, 1.54) is 12.1 Å². The van der Waals surface area contributed by atoms with E-state index >= 15 is 0 Å². The van der Waals surface area contributed by atoms with E-state index in [1.54, 1.807) is 42.5 Å². The highest BCUT2D eigenvalue weighted by atomic mass is 19.1. The van der Waals surface area contributed by atoms with Crippen LogP contribution in [-0.4, -0.2) is 35.7 Å². The van der Waals surface area contributed by atoms with Crippen LogP contribution in [0.1, 0.15) is 41.2 Å². The maximum Gasteiger partial charge on any atom is 0.252 e. The summed E-state index contributed by atoms with van der Waals surface area (Å²) in [6.07, 6.45) is 1.41. The number of nitrogens with zero attached hydrogens (tertiary/aromatic N) is 4. The SMILES string of the molecule is C=CC[C@@]1(C(=O)NCc2cccc(F)c2)N=C(c2ccc(OCCCO)cc2)O[C@@H]1c1ccccc1CN=[N+]=[N-]. The van der Waals surface area contributed by atoms with Gasteiger partial charge in [-0.25, -0.2) is 9.38 Å². The zero-order chi connectivity index (χ0) is 28.4. The highest BCUT2D eigenvalue weighted by Crippen LogP contribution is 2.44. The molecule has 1 aliphatic rings. The van der Waals surface area contributed by atoms with E-state index in [1.807, 2.05) is 24.3 Å². The Labute approximate surface area is 231 Å². The fourth-order valence-electron chi connectivity index (χ4n) is 4.54. The summed E-state index contributed by atoms with van der Waals surface area (Å²) in [6.45, 7) is 4.45. The number of hydrogen-bond acceptors (Lipinski definition) is 6. The van der Waals surface area contributed by atoms with E-state index in [0.717, 1.165) is 0 Å². The summed E-state index contributed by atoms with van der Waals surface area (Å²) >= 11 is 0. The molecule has 0 spiro atoms. The molecule has 0 radical (unpaired) electrons. The molecular formula is C30H30FN5O4. The molecule has 3 aromatic rings. The molecule has 10 heteroatoms. The number of aliphatic hydroxyl groups excluding tert-OH is 1. The second kappa shape index (κ2) is 13.4. The lowest BCUT2D eigenvalue weighted by Gasteiger charge is -2.30. The maximum atomic E-state index is 13.9. The predicted octanol–water partition coefficient (Wildman–Crippen LogP) is 5.55. The molecule has 1 aliphatic heterocycles. The number of aliphatic imine (C=N–C) groups is 1. The first-order chi connectivity index (χ1) is 19.5. The number of amides is 1. The van der Waals surface area contributed by atoms with Gasteiger partial charge < -0.3 is 19.9 Å². The molecule has 1 heterocycles. The van der Waals surface area contributed by atoms with Crippen molar-refractivity contribution in [3.8, 4) is 5.75 Å². The number of carbonyl (C=O) groups excluding carboxylic acids is 1. The first-order valence-electron chi connectivity index (χ1n) is 12.8. The van der Waals surface area contributed by atoms with Gasteiger partial charge in [0, 0.05) is 36.5 Å². The van der Waals surface area contributed by atoms with E-state index in [0.29, 0.717) is 41.0 Å². The van der Waals surface area contributed by atoms with Gasteiger partial charge >= 0.3 is 0 Å². The van der Waals surface area contributed by atoms with Gasteiger partial charge in [0.05, 0.1) is 13.2 Å². The standard InChI is InChI=1S/C30H30FN5O4/c1-2-15-30(29(38)33-19-21-7-5-9-24(31)18-21)27(26-10-4-3-8-23(26)20-34-36-32)40-28(35-30)22-11-13-25(14-12-22)39-17-6-16-37/h2-5,7-14,18,27,37H,1,6,15-17,19-20H2,(H,33,38)/t27-,30-/m1/s1. The Kier molecular flexibility index (Phi) is 9.51. The Balaban J connectivity index is 1.72. The van der Waals surface area contributed by atoms with E-state index in [9.17, 15) is 9.18 Å². The van der Waals surface area contributed by atoms with E-state index in [4.69, 9.17) is 25.1 Å². The van der Waals surface area contributed by atoms with Crippen molar-refractivity contribution in [3.63, 3.8) is 0 Å². The topological polar surface area (TPSA) is 129 Å². The number of aliphatic hydroxyl groups is 1. The van der Waals surface area contributed by atoms with Gasteiger partial charge in [0.2, 0.25) is 5.90 Å². The third kappa shape index (κ3) is 6.48. The molecule has 0 bridgehead atoms. The maximum absolute atomic E-state index is 13.9. The molecule has 3 aromatic carbocycles. The van der Waals surface area contributed by atoms with Gasteiger partial charge in [-0.3, -0.25) is 4.79 Å². The molecule has 0 aromatic heterocycles. The van der Waals surface area contributed by atoms with Crippen LogP contribution < -0.4 is 10.1 Å². The Hall–Kier alpha value is -4.66. The molecular weight excluding hydrogens is 513 g/mol. The van der Waals surface area contributed by atoms with Crippen molar-refractivity contribution in [2.45, 2.75) is 37.6 Å². The van der Waals surface area contributed by atoms with Crippen LogP contribution in [-0.2, 0) is 22.6 Å². The van der Waals surface area contributed by atoms with Crippen molar-refractivity contribution in [3.05, 3.63) is 124 Å². The average molecular weight is 544 g/mol. The quantitative estimate of drug-likeness (QED) is 0.0963. The van der Waals surface area contributed by atoms with E-state index in [2.05, 4.69) is 21.9 Å². The Morgan fingerprint density at radius 3 is 2.75 bits per heavy atom. The fraction of sp³-hybridized carbons (Fsp3) is 0.267. The monoisotopic (exact) mass is 543 g/mol. The van der Waals surface area contributed by atoms with Crippen molar-refractivity contribution in [1.29, 1.82) is 0 Å². The zero-order valence-electron chi connectivity index (χ0n) is 21.9. The van der Waals surface area contributed by atoms with Gasteiger partial charge in [-0.1, -0.05) is 47.6 Å². The number of rotatable bonds is 13. The number of ether oxygens (including phenoxy) is 2. The van der Waals surface area contributed by atoms with Gasteiger partial charge in [0.1, 0.15) is 11.6 Å². The van der Waals surface area contributed by atoms with Crippen molar-refractivity contribution in [2.24, 2.45) is 10.1 Å². The minimum Gasteiger partial charge on any atom is -0.494 e. The molecule has 0 unspecified atom stereocenters. The third-order valence-electron chi connectivity index (χ3n) is 6.47. The summed E-state index contributed by atoms with van der Waals surface area (Å²) in [5, 5.41) is 15.6. The first kappa shape index (κ1) is 28.4. The minimum absolute atomic E-state index is 0.0396. The largest absolute Gasteiger partial charge is 0.494 e. The smallest absolute Gasteiger partial charge is 0.252 e. The van der Waals surface area contributed by atoms with Crippen LogP contribution in [0.3, 0.4) is 0 Å². The van der Waals surface area contributed by atoms with Crippen molar-refractivity contribution in [2.75, 3.05) is 13.2 Å². The number of nitrogens with one attached hydrogen (secondary N) is 1. The second-order valence-corrected chi connectivity index (χ2v) is 9.18. The molecule has 0 saturated heterocycles. The third-order valence-corrected chi connectivity index (χ3v) is 6.47. The fourth-order valence-corrected chi connectivity index (χ4v) is 4.54. The number of carbonyl (C=O) groups is 1. The predicted molar refractivity (Wildman–Crippen MR) is 149 cm³/mol. The molecule has 0 aliphatic carbocycles. The summed E-state index contributed by atoms with van der Waals surface area (Å²) in [7, 11) is 0. The normalized spacial score (nSPS) is 17.8. The molecule has 1 amide bonds. The van der Waals surface area contributed by atoms with Crippen LogP contribution in [0.5, 0.6) is 5.75 Å². The molecule has 40 heavy (non-hydrogen) atoms. The van der Waals surface area contributed by atoms with Crippen LogP contribution in [0.2, 0.25) is 0 Å². The van der Waals surface area contributed by atoms with Crippen LogP contribution >= 0.6 is 0 Å². The van der Waals surface area contributed by atoms with Gasteiger partial charge in [-0.2, -0.15) is 0 Å². The lowest BCUT2D eigenvalue weighted by Crippen LogP contribution is -2.48. The van der Waals surface area contributed by atoms with E-state index < -0.39 is 23.4 Å². The number of hydrogen-bond donors (Lipinski definition) is 2. The summed E-state index contributed by atoms with van der Waals surface area (Å²) in [5.41, 5.74) is 10.1.